The van der Waals surface area contributed by atoms with Crippen LogP contribution >= 0.6 is 0 Å². The molecule has 1 aliphatic carbocycles. The van der Waals surface area contributed by atoms with Gasteiger partial charge in [-0.25, -0.2) is 4.79 Å². The fourth-order valence-corrected chi connectivity index (χ4v) is 3.65. The summed E-state index contributed by atoms with van der Waals surface area (Å²) in [5, 5.41) is 3.15. The predicted molar refractivity (Wildman–Crippen MR) is 85.4 cm³/mol. The van der Waals surface area contributed by atoms with Crippen LogP contribution in [-0.4, -0.2) is 43.3 Å². The Kier molecular flexibility index (Phi) is 6.81. The topological polar surface area (TPSA) is 41.6 Å². The molecule has 2 rings (SSSR count). The summed E-state index contributed by atoms with van der Waals surface area (Å²) in [6, 6.07) is 0.127. The van der Waals surface area contributed by atoms with Gasteiger partial charge in [-0.2, -0.15) is 0 Å². The van der Waals surface area contributed by atoms with E-state index in [9.17, 15) is 4.79 Å². The SMILES string of the molecule is CCOC1CCN(C(=O)NCC2CCC(CC)CC2)CC1. The third-order valence-electron chi connectivity index (χ3n) is 5.22. The highest BCUT2D eigenvalue weighted by atomic mass is 16.5. The van der Waals surface area contributed by atoms with E-state index in [1.807, 2.05) is 11.8 Å². The van der Waals surface area contributed by atoms with Crippen LogP contribution in [0.5, 0.6) is 0 Å². The summed E-state index contributed by atoms with van der Waals surface area (Å²) in [5.41, 5.74) is 0. The Balaban J connectivity index is 1.62. The zero-order valence-electron chi connectivity index (χ0n) is 13.8. The van der Waals surface area contributed by atoms with Gasteiger partial charge in [0.25, 0.3) is 0 Å². The zero-order chi connectivity index (χ0) is 15.1. The van der Waals surface area contributed by atoms with Gasteiger partial charge in [0.15, 0.2) is 0 Å². The molecule has 0 unspecified atom stereocenters. The van der Waals surface area contributed by atoms with Gasteiger partial charge < -0.3 is 15.0 Å². The highest BCUT2D eigenvalue weighted by Gasteiger charge is 2.24. The van der Waals surface area contributed by atoms with Crippen LogP contribution in [0.15, 0.2) is 0 Å². The molecule has 2 aliphatic rings. The van der Waals surface area contributed by atoms with Crippen molar-refractivity contribution in [2.45, 2.75) is 64.9 Å². The van der Waals surface area contributed by atoms with E-state index in [4.69, 9.17) is 4.74 Å². The van der Waals surface area contributed by atoms with E-state index in [-0.39, 0.29) is 6.03 Å². The molecule has 21 heavy (non-hydrogen) atoms. The van der Waals surface area contributed by atoms with Crippen LogP contribution in [0.4, 0.5) is 4.79 Å². The molecule has 2 fully saturated rings. The molecule has 1 heterocycles. The molecule has 0 spiro atoms. The van der Waals surface area contributed by atoms with E-state index in [0.717, 1.165) is 45.0 Å². The van der Waals surface area contributed by atoms with Crippen LogP contribution in [0.3, 0.4) is 0 Å². The first kappa shape index (κ1) is 16.6. The van der Waals surface area contributed by atoms with Gasteiger partial charge in [-0.1, -0.05) is 26.2 Å². The number of nitrogens with one attached hydrogen (secondary N) is 1. The molecular formula is C17H32N2O2. The van der Waals surface area contributed by atoms with Crippen molar-refractivity contribution < 1.29 is 9.53 Å². The minimum Gasteiger partial charge on any atom is -0.378 e. The fourth-order valence-electron chi connectivity index (χ4n) is 3.65. The Bertz CT molecular complexity index is 306. The number of likely N-dealkylation sites (tertiary alicyclic amines) is 1. The number of hydrogen-bond donors (Lipinski definition) is 1. The molecule has 0 aromatic heterocycles. The van der Waals surface area contributed by atoms with Crippen LogP contribution < -0.4 is 5.32 Å². The monoisotopic (exact) mass is 296 g/mol. The lowest BCUT2D eigenvalue weighted by Gasteiger charge is -2.33. The summed E-state index contributed by atoms with van der Waals surface area (Å²) in [4.78, 5) is 14.2. The number of carbonyl (C=O) groups is 1. The maximum absolute atomic E-state index is 12.2. The lowest BCUT2D eigenvalue weighted by atomic mass is 9.81. The molecule has 4 nitrogen and oxygen atoms in total. The molecular weight excluding hydrogens is 264 g/mol. The largest absolute Gasteiger partial charge is 0.378 e. The van der Waals surface area contributed by atoms with Gasteiger partial charge in [0.2, 0.25) is 0 Å². The number of nitrogens with zero attached hydrogens (tertiary/aromatic N) is 1. The fraction of sp³-hybridized carbons (Fsp3) is 0.941. The summed E-state index contributed by atoms with van der Waals surface area (Å²) in [5.74, 6) is 1.62. The van der Waals surface area contributed by atoms with E-state index >= 15 is 0 Å². The molecule has 2 amide bonds. The molecule has 0 aromatic rings. The van der Waals surface area contributed by atoms with E-state index in [1.165, 1.54) is 32.1 Å². The number of urea groups is 1. The number of hydrogen-bond acceptors (Lipinski definition) is 2. The summed E-state index contributed by atoms with van der Waals surface area (Å²) >= 11 is 0. The second-order valence-corrected chi connectivity index (χ2v) is 6.62. The number of piperidine rings is 1. The first-order valence-electron chi connectivity index (χ1n) is 8.87. The van der Waals surface area contributed by atoms with Crippen molar-refractivity contribution in [2.24, 2.45) is 11.8 Å². The maximum atomic E-state index is 12.2. The molecule has 1 N–H and O–H groups in total. The van der Waals surface area contributed by atoms with Crippen molar-refractivity contribution in [1.82, 2.24) is 10.2 Å². The van der Waals surface area contributed by atoms with Crippen LogP contribution in [-0.2, 0) is 4.74 Å². The van der Waals surface area contributed by atoms with E-state index < -0.39 is 0 Å². The van der Waals surface area contributed by atoms with Gasteiger partial charge >= 0.3 is 6.03 Å². The average molecular weight is 296 g/mol. The summed E-state index contributed by atoms with van der Waals surface area (Å²) < 4.78 is 5.63. The normalized spacial score (nSPS) is 27.6. The van der Waals surface area contributed by atoms with Gasteiger partial charge in [0.1, 0.15) is 0 Å². The van der Waals surface area contributed by atoms with Gasteiger partial charge in [0.05, 0.1) is 6.10 Å². The average Bonchev–Trinajstić information content (AvgIpc) is 2.54. The Morgan fingerprint density at radius 2 is 1.67 bits per heavy atom. The number of amides is 2. The standard InChI is InChI=1S/C17H32N2O2/c1-3-14-5-7-15(8-6-14)13-18-17(20)19-11-9-16(10-12-19)21-4-2/h14-16H,3-13H2,1-2H3,(H,18,20). The predicted octanol–water partition coefficient (Wildman–Crippen LogP) is 3.41. The molecule has 1 aliphatic heterocycles. The van der Waals surface area contributed by atoms with Gasteiger partial charge in [-0.05, 0) is 44.4 Å². The van der Waals surface area contributed by atoms with Crippen LogP contribution in [0, 0.1) is 11.8 Å². The lowest BCUT2D eigenvalue weighted by Crippen LogP contribution is -2.47. The number of rotatable bonds is 5. The molecule has 1 saturated carbocycles. The highest BCUT2D eigenvalue weighted by molar-refractivity contribution is 5.74. The number of carbonyl (C=O) groups excluding carboxylic acids is 1. The molecule has 4 heteroatoms. The Hall–Kier alpha value is -0.770. The van der Waals surface area contributed by atoms with Crippen molar-refractivity contribution >= 4 is 6.03 Å². The smallest absolute Gasteiger partial charge is 0.317 e. The minimum atomic E-state index is 0.127. The first-order chi connectivity index (χ1) is 10.2. The second-order valence-electron chi connectivity index (χ2n) is 6.62. The summed E-state index contributed by atoms with van der Waals surface area (Å²) in [6.07, 6.45) is 8.87. The van der Waals surface area contributed by atoms with Gasteiger partial charge in [-0.3, -0.25) is 0 Å². The highest BCUT2D eigenvalue weighted by Crippen LogP contribution is 2.30. The Morgan fingerprint density at radius 1 is 1.05 bits per heavy atom. The molecule has 122 valence electrons. The quantitative estimate of drug-likeness (QED) is 0.844. The van der Waals surface area contributed by atoms with E-state index in [0.29, 0.717) is 12.0 Å². The summed E-state index contributed by atoms with van der Waals surface area (Å²) in [7, 11) is 0. The minimum absolute atomic E-state index is 0.127. The van der Waals surface area contributed by atoms with Crippen molar-refractivity contribution in [1.29, 1.82) is 0 Å². The van der Waals surface area contributed by atoms with E-state index in [1.54, 1.807) is 0 Å². The van der Waals surface area contributed by atoms with Crippen molar-refractivity contribution in [3.8, 4) is 0 Å². The van der Waals surface area contributed by atoms with Crippen molar-refractivity contribution in [3.63, 3.8) is 0 Å². The molecule has 1 saturated heterocycles. The zero-order valence-corrected chi connectivity index (χ0v) is 13.8. The molecule has 0 atom stereocenters. The van der Waals surface area contributed by atoms with Crippen LogP contribution in [0.2, 0.25) is 0 Å². The number of ether oxygens (including phenoxy) is 1. The second kappa shape index (κ2) is 8.62. The van der Waals surface area contributed by atoms with Crippen molar-refractivity contribution in [2.75, 3.05) is 26.2 Å². The van der Waals surface area contributed by atoms with Crippen molar-refractivity contribution in [3.05, 3.63) is 0 Å². The van der Waals surface area contributed by atoms with Gasteiger partial charge in [-0.15, -0.1) is 0 Å². The summed E-state index contributed by atoms with van der Waals surface area (Å²) in [6.45, 7) is 7.63. The van der Waals surface area contributed by atoms with E-state index in [2.05, 4.69) is 12.2 Å². The Labute approximate surface area is 129 Å². The molecule has 0 aromatic carbocycles. The maximum Gasteiger partial charge on any atom is 0.317 e. The van der Waals surface area contributed by atoms with Crippen LogP contribution in [0.1, 0.15) is 58.8 Å². The third-order valence-corrected chi connectivity index (χ3v) is 5.22. The lowest BCUT2D eigenvalue weighted by molar-refractivity contribution is 0.0219. The van der Waals surface area contributed by atoms with Crippen LogP contribution in [0.25, 0.3) is 0 Å². The molecule has 0 radical (unpaired) electrons. The van der Waals surface area contributed by atoms with Gasteiger partial charge in [0, 0.05) is 26.2 Å². The Morgan fingerprint density at radius 3 is 2.24 bits per heavy atom. The third kappa shape index (κ3) is 5.17. The first-order valence-corrected chi connectivity index (χ1v) is 8.87. The molecule has 0 bridgehead atoms.